The lowest BCUT2D eigenvalue weighted by Crippen LogP contribution is -2.35. The largest absolute Gasteiger partial charge is 0.493 e. The van der Waals surface area contributed by atoms with Gasteiger partial charge in [-0.15, -0.1) is 0 Å². The predicted octanol–water partition coefficient (Wildman–Crippen LogP) is 3.40. The number of hydrogen-bond donors (Lipinski definition) is 1. The highest BCUT2D eigenvalue weighted by Crippen LogP contribution is 2.38. The Morgan fingerprint density at radius 1 is 1.07 bits per heavy atom. The zero-order valence-corrected chi connectivity index (χ0v) is 18.1. The Kier molecular flexibility index (Phi) is 6.27. The number of aromatic nitrogens is 2. The van der Waals surface area contributed by atoms with Crippen LogP contribution in [0.4, 0.5) is 0 Å². The minimum atomic E-state index is 0.0491. The van der Waals surface area contributed by atoms with Gasteiger partial charge in [-0.25, -0.2) is 4.98 Å². The molecule has 0 atom stereocenters. The average molecular weight is 414 g/mol. The van der Waals surface area contributed by atoms with E-state index in [0.29, 0.717) is 36.1 Å². The molecule has 4 rings (SSSR count). The fraction of sp³-hybridized carbons (Fsp3) is 0.565. The Balaban J connectivity index is 1.55. The normalized spacial score (nSPS) is 17.4. The Morgan fingerprint density at radius 3 is 2.40 bits per heavy atom. The lowest BCUT2D eigenvalue weighted by Gasteiger charge is -2.29. The van der Waals surface area contributed by atoms with Gasteiger partial charge in [0.1, 0.15) is 5.82 Å². The van der Waals surface area contributed by atoms with Crippen molar-refractivity contribution in [3.63, 3.8) is 0 Å². The summed E-state index contributed by atoms with van der Waals surface area (Å²) in [5, 5.41) is 0. The van der Waals surface area contributed by atoms with E-state index < -0.39 is 0 Å². The van der Waals surface area contributed by atoms with E-state index in [2.05, 4.69) is 9.88 Å². The number of ether oxygens (including phenoxy) is 3. The predicted molar refractivity (Wildman–Crippen MR) is 115 cm³/mol. The van der Waals surface area contributed by atoms with Crippen LogP contribution in [0.5, 0.6) is 17.2 Å². The topological polar surface area (TPSA) is 76.7 Å². The number of methoxy groups -OCH3 is 3. The molecule has 0 radical (unpaired) electrons. The van der Waals surface area contributed by atoms with E-state index in [9.17, 15) is 4.79 Å². The van der Waals surface area contributed by atoms with Crippen molar-refractivity contribution in [2.45, 2.75) is 57.5 Å². The van der Waals surface area contributed by atoms with Gasteiger partial charge in [-0.1, -0.05) is 19.3 Å². The summed E-state index contributed by atoms with van der Waals surface area (Å²) in [6, 6.07) is 3.96. The third kappa shape index (κ3) is 4.17. The molecule has 0 spiro atoms. The van der Waals surface area contributed by atoms with E-state index in [1.807, 2.05) is 12.1 Å². The fourth-order valence-corrected chi connectivity index (χ4v) is 4.70. The van der Waals surface area contributed by atoms with Gasteiger partial charge in [0.15, 0.2) is 11.5 Å². The molecule has 162 valence electrons. The summed E-state index contributed by atoms with van der Waals surface area (Å²) in [5.74, 6) is 3.17. The van der Waals surface area contributed by atoms with Gasteiger partial charge in [0.2, 0.25) is 5.75 Å². The number of fused-ring (bicyclic) bond motifs is 1. The van der Waals surface area contributed by atoms with Crippen molar-refractivity contribution in [1.82, 2.24) is 14.9 Å². The molecule has 0 unspecified atom stereocenters. The molecule has 2 heterocycles. The molecule has 1 saturated carbocycles. The van der Waals surface area contributed by atoms with Gasteiger partial charge in [-0.3, -0.25) is 9.69 Å². The first-order chi connectivity index (χ1) is 14.6. The summed E-state index contributed by atoms with van der Waals surface area (Å²) < 4.78 is 16.4. The number of benzene rings is 1. The molecule has 30 heavy (non-hydrogen) atoms. The maximum Gasteiger partial charge on any atom is 0.254 e. The number of hydrogen-bond acceptors (Lipinski definition) is 6. The molecule has 1 aromatic heterocycles. The van der Waals surface area contributed by atoms with Crippen LogP contribution in [0.2, 0.25) is 0 Å². The molecule has 1 aromatic carbocycles. The molecular weight excluding hydrogens is 382 g/mol. The van der Waals surface area contributed by atoms with Gasteiger partial charge < -0.3 is 19.2 Å². The van der Waals surface area contributed by atoms with Gasteiger partial charge in [0.05, 0.1) is 27.0 Å². The van der Waals surface area contributed by atoms with E-state index >= 15 is 0 Å². The first-order valence-electron chi connectivity index (χ1n) is 10.8. The van der Waals surface area contributed by atoms with E-state index in [-0.39, 0.29) is 5.56 Å². The SMILES string of the molecule is COc1cc(CN2CCc3c(nc(C4CCCCC4)[nH]c3=O)C2)cc(OC)c1OC. The van der Waals surface area contributed by atoms with Crippen molar-refractivity contribution in [3.8, 4) is 17.2 Å². The fourth-order valence-electron chi connectivity index (χ4n) is 4.70. The van der Waals surface area contributed by atoms with Crippen molar-refractivity contribution in [2.75, 3.05) is 27.9 Å². The van der Waals surface area contributed by atoms with Crippen LogP contribution in [0.15, 0.2) is 16.9 Å². The molecule has 0 amide bonds. The van der Waals surface area contributed by atoms with Crippen molar-refractivity contribution in [1.29, 1.82) is 0 Å². The number of nitrogens with zero attached hydrogens (tertiary/aromatic N) is 2. The van der Waals surface area contributed by atoms with Crippen molar-refractivity contribution in [2.24, 2.45) is 0 Å². The second kappa shape index (κ2) is 9.08. The molecule has 0 bridgehead atoms. The minimum absolute atomic E-state index is 0.0491. The summed E-state index contributed by atoms with van der Waals surface area (Å²) in [6.07, 6.45) is 6.69. The quantitative estimate of drug-likeness (QED) is 0.782. The van der Waals surface area contributed by atoms with E-state index in [1.54, 1.807) is 21.3 Å². The average Bonchev–Trinajstić information content (AvgIpc) is 2.78. The smallest absolute Gasteiger partial charge is 0.254 e. The molecule has 7 heteroatoms. The van der Waals surface area contributed by atoms with Gasteiger partial charge >= 0.3 is 0 Å². The van der Waals surface area contributed by atoms with Crippen molar-refractivity contribution in [3.05, 3.63) is 45.1 Å². The highest BCUT2D eigenvalue weighted by molar-refractivity contribution is 5.53. The Morgan fingerprint density at radius 2 is 1.77 bits per heavy atom. The van der Waals surface area contributed by atoms with Crippen LogP contribution >= 0.6 is 0 Å². The monoisotopic (exact) mass is 413 g/mol. The van der Waals surface area contributed by atoms with Crippen LogP contribution in [0.25, 0.3) is 0 Å². The van der Waals surface area contributed by atoms with Crippen LogP contribution in [-0.4, -0.2) is 42.7 Å². The summed E-state index contributed by atoms with van der Waals surface area (Å²) in [6.45, 7) is 2.22. The molecule has 7 nitrogen and oxygen atoms in total. The molecule has 1 aliphatic carbocycles. The summed E-state index contributed by atoms with van der Waals surface area (Å²) in [5.41, 5.74) is 2.90. The first-order valence-corrected chi connectivity index (χ1v) is 10.8. The van der Waals surface area contributed by atoms with Crippen LogP contribution in [0.3, 0.4) is 0 Å². The van der Waals surface area contributed by atoms with Crippen LogP contribution in [0.1, 0.15) is 60.7 Å². The molecule has 2 aromatic rings. The van der Waals surface area contributed by atoms with E-state index in [1.165, 1.54) is 19.3 Å². The Labute approximate surface area is 177 Å². The molecule has 0 saturated heterocycles. The van der Waals surface area contributed by atoms with Gasteiger partial charge in [-0.2, -0.15) is 0 Å². The third-order valence-corrected chi connectivity index (χ3v) is 6.29. The Hall–Kier alpha value is -2.54. The molecule has 1 aliphatic heterocycles. The number of aromatic amines is 1. The maximum atomic E-state index is 12.7. The van der Waals surface area contributed by atoms with Gasteiger partial charge in [0.25, 0.3) is 5.56 Å². The molecule has 1 N–H and O–H groups in total. The third-order valence-electron chi connectivity index (χ3n) is 6.29. The van der Waals surface area contributed by atoms with E-state index in [4.69, 9.17) is 19.2 Å². The van der Waals surface area contributed by atoms with Crippen molar-refractivity contribution < 1.29 is 14.2 Å². The van der Waals surface area contributed by atoms with Crippen LogP contribution < -0.4 is 19.8 Å². The second-order valence-corrected chi connectivity index (χ2v) is 8.21. The zero-order chi connectivity index (χ0) is 21.1. The summed E-state index contributed by atoms with van der Waals surface area (Å²) >= 11 is 0. The lowest BCUT2D eigenvalue weighted by molar-refractivity contribution is 0.238. The summed E-state index contributed by atoms with van der Waals surface area (Å²) in [7, 11) is 4.86. The number of nitrogens with one attached hydrogen (secondary N) is 1. The highest BCUT2D eigenvalue weighted by Gasteiger charge is 2.25. The Bertz CT molecular complexity index is 925. The molecule has 1 fully saturated rings. The maximum absolute atomic E-state index is 12.7. The first kappa shape index (κ1) is 20.7. The lowest BCUT2D eigenvalue weighted by atomic mass is 9.88. The van der Waals surface area contributed by atoms with Crippen LogP contribution in [-0.2, 0) is 19.5 Å². The zero-order valence-electron chi connectivity index (χ0n) is 18.1. The molecule has 2 aliphatic rings. The van der Waals surface area contributed by atoms with Crippen LogP contribution in [0, 0.1) is 0 Å². The minimum Gasteiger partial charge on any atom is -0.493 e. The van der Waals surface area contributed by atoms with Gasteiger partial charge in [-0.05, 0) is 37.0 Å². The standard InChI is InChI=1S/C23H31N3O4/c1-28-19-11-15(12-20(29-2)21(19)30-3)13-26-10-9-17-18(14-26)24-22(25-23(17)27)16-7-5-4-6-8-16/h11-12,16H,4-10,13-14H2,1-3H3,(H,24,25,27). The molecular formula is C23H31N3O4. The van der Waals surface area contributed by atoms with Crippen molar-refractivity contribution >= 4 is 0 Å². The summed E-state index contributed by atoms with van der Waals surface area (Å²) in [4.78, 5) is 23.0. The second-order valence-electron chi connectivity index (χ2n) is 8.21. The van der Waals surface area contributed by atoms with E-state index in [0.717, 1.165) is 48.6 Å². The number of H-pyrrole nitrogens is 1. The number of rotatable bonds is 6. The highest BCUT2D eigenvalue weighted by atomic mass is 16.5. The van der Waals surface area contributed by atoms with Gasteiger partial charge in [0, 0.05) is 31.1 Å².